The number of nitrogens with one attached hydrogen (secondary N) is 1. The molecule has 4 nitrogen and oxygen atoms in total. The number of benzene rings is 1. The van der Waals surface area contributed by atoms with Crippen LogP contribution in [0, 0.1) is 3.57 Å². The summed E-state index contributed by atoms with van der Waals surface area (Å²) in [5.74, 6) is 0.214. The van der Waals surface area contributed by atoms with Crippen molar-refractivity contribution in [3.8, 4) is 0 Å². The molecule has 1 aromatic carbocycles. The smallest absolute Gasteiger partial charge is 0.251 e. The number of rotatable bonds is 2. The van der Waals surface area contributed by atoms with E-state index in [2.05, 4.69) is 27.9 Å². The molecule has 0 unspecified atom stereocenters. The van der Waals surface area contributed by atoms with Crippen LogP contribution < -0.4 is 5.32 Å². The van der Waals surface area contributed by atoms with Crippen LogP contribution in [-0.4, -0.2) is 31.9 Å². The zero-order valence-corrected chi connectivity index (χ0v) is 12.7. The van der Waals surface area contributed by atoms with E-state index < -0.39 is 9.84 Å². The van der Waals surface area contributed by atoms with E-state index in [1.807, 2.05) is 12.1 Å². The topological polar surface area (TPSA) is 63.2 Å². The summed E-state index contributed by atoms with van der Waals surface area (Å²) in [4.78, 5) is 11.9. The first-order valence-electron chi connectivity index (χ1n) is 5.73. The highest BCUT2D eigenvalue weighted by Gasteiger charge is 2.24. The Bertz CT molecular complexity index is 525. The van der Waals surface area contributed by atoms with Gasteiger partial charge in [-0.25, -0.2) is 8.42 Å². The fraction of sp³-hybridized carbons (Fsp3) is 0.417. The summed E-state index contributed by atoms with van der Waals surface area (Å²) < 4.78 is 23.6. The molecular formula is C12H14INO3S. The van der Waals surface area contributed by atoms with Gasteiger partial charge in [0.05, 0.1) is 11.5 Å². The van der Waals surface area contributed by atoms with Gasteiger partial charge in [0.1, 0.15) is 9.84 Å². The van der Waals surface area contributed by atoms with Crippen molar-refractivity contribution in [1.29, 1.82) is 0 Å². The number of carbonyl (C=O) groups is 1. The summed E-state index contributed by atoms with van der Waals surface area (Å²) in [6, 6.07) is 7.27. The lowest BCUT2D eigenvalue weighted by molar-refractivity contribution is 0.0934. The lowest BCUT2D eigenvalue weighted by Crippen LogP contribution is -2.40. The van der Waals surface area contributed by atoms with Crippen molar-refractivity contribution >= 4 is 38.3 Å². The molecule has 1 saturated heterocycles. The third-order valence-corrected chi connectivity index (χ3v) is 5.43. The van der Waals surface area contributed by atoms with Gasteiger partial charge >= 0.3 is 0 Å². The minimum absolute atomic E-state index is 0.0275. The molecule has 1 amide bonds. The fourth-order valence-corrected chi connectivity index (χ4v) is 3.76. The minimum atomic E-state index is -2.87. The molecule has 0 atom stereocenters. The Morgan fingerprint density at radius 2 is 1.72 bits per heavy atom. The Balaban J connectivity index is 1.94. The van der Waals surface area contributed by atoms with Gasteiger partial charge in [-0.05, 0) is 59.7 Å². The predicted octanol–water partition coefficient (Wildman–Crippen LogP) is 1.60. The molecule has 1 heterocycles. The third kappa shape index (κ3) is 3.68. The zero-order chi connectivity index (χ0) is 13.2. The number of halogens is 1. The van der Waals surface area contributed by atoms with E-state index in [1.54, 1.807) is 12.1 Å². The molecule has 0 aromatic heterocycles. The van der Waals surface area contributed by atoms with E-state index in [4.69, 9.17) is 0 Å². The molecule has 1 N–H and O–H groups in total. The Morgan fingerprint density at radius 3 is 2.28 bits per heavy atom. The molecule has 1 aromatic rings. The van der Waals surface area contributed by atoms with Crippen molar-refractivity contribution in [2.24, 2.45) is 0 Å². The van der Waals surface area contributed by atoms with Crippen LogP contribution >= 0.6 is 22.6 Å². The lowest BCUT2D eigenvalue weighted by atomic mass is 10.1. The Morgan fingerprint density at radius 1 is 1.17 bits per heavy atom. The molecule has 0 radical (unpaired) electrons. The largest absolute Gasteiger partial charge is 0.349 e. The van der Waals surface area contributed by atoms with Crippen molar-refractivity contribution in [2.75, 3.05) is 11.5 Å². The molecule has 2 rings (SSSR count). The van der Waals surface area contributed by atoms with E-state index in [0.29, 0.717) is 18.4 Å². The zero-order valence-electron chi connectivity index (χ0n) is 9.73. The Hall–Kier alpha value is -0.630. The van der Waals surface area contributed by atoms with Crippen molar-refractivity contribution in [1.82, 2.24) is 5.32 Å². The van der Waals surface area contributed by atoms with E-state index >= 15 is 0 Å². The van der Waals surface area contributed by atoms with Crippen LogP contribution in [0.3, 0.4) is 0 Å². The first-order valence-corrected chi connectivity index (χ1v) is 8.63. The summed E-state index contributed by atoms with van der Waals surface area (Å²) in [6.45, 7) is 0. The van der Waals surface area contributed by atoms with Crippen LogP contribution in [0.25, 0.3) is 0 Å². The predicted molar refractivity (Wildman–Crippen MR) is 78.3 cm³/mol. The van der Waals surface area contributed by atoms with Crippen molar-refractivity contribution in [2.45, 2.75) is 18.9 Å². The first-order chi connectivity index (χ1) is 8.46. The fourth-order valence-electron chi connectivity index (χ4n) is 1.90. The number of hydrogen-bond acceptors (Lipinski definition) is 3. The van der Waals surface area contributed by atoms with Gasteiger partial charge in [0, 0.05) is 15.2 Å². The van der Waals surface area contributed by atoms with E-state index in [1.165, 1.54) is 0 Å². The van der Waals surface area contributed by atoms with E-state index in [0.717, 1.165) is 3.57 Å². The summed E-state index contributed by atoms with van der Waals surface area (Å²) in [7, 11) is -2.87. The van der Waals surface area contributed by atoms with Crippen LogP contribution in [0.15, 0.2) is 24.3 Å². The quantitative estimate of drug-likeness (QED) is 0.795. The van der Waals surface area contributed by atoms with Gasteiger partial charge in [-0.1, -0.05) is 0 Å². The van der Waals surface area contributed by atoms with Crippen molar-refractivity contribution in [3.63, 3.8) is 0 Å². The molecule has 98 valence electrons. The van der Waals surface area contributed by atoms with Crippen LogP contribution in [0.5, 0.6) is 0 Å². The maximum atomic E-state index is 11.9. The maximum absolute atomic E-state index is 11.9. The second-order valence-corrected chi connectivity index (χ2v) is 7.96. The minimum Gasteiger partial charge on any atom is -0.349 e. The number of amides is 1. The van der Waals surface area contributed by atoms with Gasteiger partial charge < -0.3 is 5.32 Å². The van der Waals surface area contributed by atoms with Gasteiger partial charge in [0.25, 0.3) is 5.91 Å². The second-order valence-electron chi connectivity index (χ2n) is 4.41. The van der Waals surface area contributed by atoms with Gasteiger partial charge in [-0.15, -0.1) is 0 Å². The Kier molecular flexibility index (Phi) is 4.26. The van der Waals surface area contributed by atoms with Crippen LogP contribution in [0.2, 0.25) is 0 Å². The third-order valence-electron chi connectivity index (χ3n) is 3.00. The monoisotopic (exact) mass is 379 g/mol. The van der Waals surface area contributed by atoms with Gasteiger partial charge in [0.2, 0.25) is 0 Å². The van der Waals surface area contributed by atoms with Crippen molar-refractivity contribution in [3.05, 3.63) is 33.4 Å². The average Bonchev–Trinajstić information content (AvgIpc) is 2.33. The maximum Gasteiger partial charge on any atom is 0.251 e. The number of sulfone groups is 1. The molecular weight excluding hydrogens is 365 g/mol. The summed E-state index contributed by atoms with van der Waals surface area (Å²) >= 11 is 2.18. The molecule has 1 aliphatic rings. The first kappa shape index (κ1) is 13.8. The summed E-state index contributed by atoms with van der Waals surface area (Å²) in [6.07, 6.45) is 1.02. The molecule has 0 spiro atoms. The second kappa shape index (κ2) is 5.56. The van der Waals surface area contributed by atoms with Crippen LogP contribution in [-0.2, 0) is 9.84 Å². The number of carbonyl (C=O) groups excluding carboxylic acids is 1. The van der Waals surface area contributed by atoms with Gasteiger partial charge in [-0.2, -0.15) is 0 Å². The summed E-state index contributed by atoms with van der Waals surface area (Å²) in [5, 5.41) is 2.89. The van der Waals surface area contributed by atoms with E-state index in [-0.39, 0.29) is 23.5 Å². The SMILES string of the molecule is O=C(NC1CCS(=O)(=O)CC1)c1ccc(I)cc1. The highest BCUT2D eigenvalue weighted by atomic mass is 127. The average molecular weight is 379 g/mol. The van der Waals surface area contributed by atoms with Crippen molar-refractivity contribution < 1.29 is 13.2 Å². The van der Waals surface area contributed by atoms with Gasteiger partial charge in [0.15, 0.2) is 0 Å². The molecule has 18 heavy (non-hydrogen) atoms. The molecule has 0 aliphatic carbocycles. The van der Waals surface area contributed by atoms with E-state index in [9.17, 15) is 13.2 Å². The standard InChI is InChI=1S/C12H14INO3S/c13-10-3-1-9(2-4-10)12(15)14-11-5-7-18(16,17)8-6-11/h1-4,11H,5-8H2,(H,14,15). The van der Waals surface area contributed by atoms with Gasteiger partial charge in [-0.3, -0.25) is 4.79 Å². The molecule has 1 aliphatic heterocycles. The summed E-state index contributed by atoms with van der Waals surface area (Å²) in [5.41, 5.74) is 0.615. The molecule has 1 fully saturated rings. The van der Waals surface area contributed by atoms with Crippen LogP contribution in [0.1, 0.15) is 23.2 Å². The number of hydrogen-bond donors (Lipinski definition) is 1. The molecule has 0 saturated carbocycles. The highest BCUT2D eigenvalue weighted by Crippen LogP contribution is 2.13. The normalized spacial score (nSPS) is 19.4. The Labute approximate surface area is 120 Å². The lowest BCUT2D eigenvalue weighted by Gasteiger charge is -2.23. The molecule has 6 heteroatoms. The highest BCUT2D eigenvalue weighted by molar-refractivity contribution is 14.1. The molecule has 0 bridgehead atoms. The van der Waals surface area contributed by atoms with Crippen LogP contribution in [0.4, 0.5) is 0 Å².